The molecule has 30 heavy (non-hydrogen) atoms. The van der Waals surface area contributed by atoms with Crippen LogP contribution in [0.2, 0.25) is 0 Å². The van der Waals surface area contributed by atoms with Crippen LogP contribution in [0.5, 0.6) is 0 Å². The van der Waals surface area contributed by atoms with Crippen LogP contribution in [0, 0.1) is 11.8 Å². The first kappa shape index (κ1) is 23.1. The first-order valence-corrected chi connectivity index (χ1v) is 11.2. The Balaban J connectivity index is 1.42. The van der Waals surface area contributed by atoms with Gasteiger partial charge in [-0.25, -0.2) is 4.98 Å². The van der Waals surface area contributed by atoms with E-state index in [0.29, 0.717) is 24.9 Å². The van der Waals surface area contributed by atoms with Gasteiger partial charge in [0.05, 0.1) is 29.5 Å². The molecule has 1 aliphatic carbocycles. The number of rotatable bonds is 5. The van der Waals surface area contributed by atoms with E-state index in [2.05, 4.69) is 54.6 Å². The summed E-state index contributed by atoms with van der Waals surface area (Å²) < 4.78 is 18.0. The van der Waals surface area contributed by atoms with Gasteiger partial charge in [0.2, 0.25) is 0 Å². The highest BCUT2D eigenvalue weighted by Crippen LogP contribution is 2.32. The van der Waals surface area contributed by atoms with E-state index in [0.717, 1.165) is 44.5 Å². The first-order chi connectivity index (χ1) is 14.1. The molecule has 1 saturated carbocycles. The lowest BCUT2D eigenvalue weighted by molar-refractivity contribution is -0.164. The van der Waals surface area contributed by atoms with Crippen LogP contribution < -0.4 is 4.90 Å². The Labute approximate surface area is 182 Å². The van der Waals surface area contributed by atoms with Crippen molar-refractivity contribution < 1.29 is 14.2 Å². The van der Waals surface area contributed by atoms with Crippen molar-refractivity contribution in [2.45, 2.75) is 96.7 Å². The van der Waals surface area contributed by atoms with Crippen molar-refractivity contribution in [2.24, 2.45) is 0 Å². The van der Waals surface area contributed by atoms with Gasteiger partial charge in [-0.3, -0.25) is 0 Å². The molecule has 0 spiro atoms. The standard InChI is InChI=1S/C25H38N2O3/c1-24(2,3)28-15-7-8-19-16-20(9-12-26-19)27-13-10-21(11-14-27)29-22-17-23(18-22)30-25(4,5)6/h9,12,16,21-23H,10-11,13-15,17-18H2,1-6H3. The highest BCUT2D eigenvalue weighted by atomic mass is 16.5. The third kappa shape index (κ3) is 7.58. The Morgan fingerprint density at radius 2 is 1.70 bits per heavy atom. The maximum Gasteiger partial charge on any atom is 0.115 e. The van der Waals surface area contributed by atoms with Gasteiger partial charge in [0.1, 0.15) is 12.3 Å². The normalized spacial score (nSPS) is 22.9. The average Bonchev–Trinajstić information content (AvgIpc) is 2.63. The maximum absolute atomic E-state index is 6.32. The largest absolute Gasteiger partial charge is 0.375 e. The molecule has 0 bridgehead atoms. The Morgan fingerprint density at radius 3 is 2.33 bits per heavy atom. The predicted molar refractivity (Wildman–Crippen MR) is 121 cm³/mol. The van der Waals surface area contributed by atoms with Gasteiger partial charge in [0.15, 0.2) is 0 Å². The van der Waals surface area contributed by atoms with Gasteiger partial charge in [-0.1, -0.05) is 5.92 Å². The van der Waals surface area contributed by atoms with Crippen molar-refractivity contribution in [1.29, 1.82) is 0 Å². The van der Waals surface area contributed by atoms with Crippen molar-refractivity contribution in [3.63, 3.8) is 0 Å². The molecule has 2 fully saturated rings. The fourth-order valence-electron chi connectivity index (χ4n) is 3.81. The number of hydrogen-bond donors (Lipinski definition) is 0. The van der Waals surface area contributed by atoms with Gasteiger partial charge in [0.25, 0.3) is 0 Å². The van der Waals surface area contributed by atoms with Crippen molar-refractivity contribution in [1.82, 2.24) is 4.98 Å². The monoisotopic (exact) mass is 414 g/mol. The van der Waals surface area contributed by atoms with E-state index in [-0.39, 0.29) is 11.2 Å². The number of nitrogens with zero attached hydrogens (tertiary/aromatic N) is 2. The van der Waals surface area contributed by atoms with Crippen LogP contribution in [-0.2, 0) is 14.2 Å². The van der Waals surface area contributed by atoms with E-state index in [1.54, 1.807) is 0 Å². The van der Waals surface area contributed by atoms with Crippen LogP contribution >= 0.6 is 0 Å². The fraction of sp³-hybridized carbons (Fsp3) is 0.720. The zero-order valence-corrected chi connectivity index (χ0v) is 19.5. The minimum absolute atomic E-state index is 0.0611. The smallest absolute Gasteiger partial charge is 0.115 e. The number of ether oxygens (including phenoxy) is 3. The van der Waals surface area contributed by atoms with Crippen molar-refractivity contribution in [3.8, 4) is 11.8 Å². The summed E-state index contributed by atoms with van der Waals surface area (Å²) in [6, 6.07) is 4.14. The van der Waals surface area contributed by atoms with Gasteiger partial charge < -0.3 is 19.1 Å². The van der Waals surface area contributed by atoms with E-state index in [4.69, 9.17) is 14.2 Å². The minimum Gasteiger partial charge on any atom is -0.375 e. The molecule has 1 aromatic heterocycles. The van der Waals surface area contributed by atoms with Crippen molar-refractivity contribution in [2.75, 3.05) is 24.6 Å². The molecular weight excluding hydrogens is 376 g/mol. The molecule has 0 radical (unpaired) electrons. The topological polar surface area (TPSA) is 43.8 Å². The van der Waals surface area contributed by atoms with Crippen LogP contribution in [0.15, 0.2) is 18.3 Å². The molecule has 0 amide bonds. The summed E-state index contributed by atoms with van der Waals surface area (Å²) in [5.74, 6) is 6.18. The summed E-state index contributed by atoms with van der Waals surface area (Å²) in [6.07, 6.45) is 7.11. The van der Waals surface area contributed by atoms with Crippen LogP contribution in [0.4, 0.5) is 5.69 Å². The summed E-state index contributed by atoms with van der Waals surface area (Å²) >= 11 is 0. The average molecular weight is 415 g/mol. The predicted octanol–water partition coefficient (Wildman–Crippen LogP) is 4.58. The number of piperidine rings is 1. The summed E-state index contributed by atoms with van der Waals surface area (Å²) in [7, 11) is 0. The number of anilines is 1. The second-order valence-electron chi connectivity index (χ2n) is 10.4. The summed E-state index contributed by atoms with van der Waals surface area (Å²) in [6.45, 7) is 14.9. The Bertz CT molecular complexity index is 740. The molecule has 2 aliphatic rings. The molecule has 1 aliphatic heterocycles. The molecule has 0 N–H and O–H groups in total. The minimum atomic E-state index is -0.170. The number of pyridine rings is 1. The van der Waals surface area contributed by atoms with E-state index in [9.17, 15) is 0 Å². The molecule has 0 aromatic carbocycles. The highest BCUT2D eigenvalue weighted by Gasteiger charge is 2.35. The quantitative estimate of drug-likeness (QED) is 0.660. The molecule has 2 heterocycles. The molecule has 5 heteroatoms. The van der Waals surface area contributed by atoms with E-state index >= 15 is 0 Å². The number of aromatic nitrogens is 1. The molecule has 3 rings (SSSR count). The Hall–Kier alpha value is -1.61. The fourth-order valence-corrected chi connectivity index (χ4v) is 3.81. The van der Waals surface area contributed by atoms with Crippen molar-refractivity contribution in [3.05, 3.63) is 24.0 Å². The highest BCUT2D eigenvalue weighted by molar-refractivity contribution is 5.50. The summed E-state index contributed by atoms with van der Waals surface area (Å²) in [4.78, 5) is 6.79. The maximum atomic E-state index is 6.32. The van der Waals surface area contributed by atoms with Crippen molar-refractivity contribution >= 4 is 5.69 Å². The molecule has 5 nitrogen and oxygen atoms in total. The van der Waals surface area contributed by atoms with Gasteiger partial charge in [-0.15, -0.1) is 0 Å². The third-order valence-electron chi connectivity index (χ3n) is 5.30. The lowest BCUT2D eigenvalue weighted by Crippen LogP contribution is -2.45. The van der Waals surface area contributed by atoms with E-state index in [1.165, 1.54) is 5.69 Å². The SMILES string of the molecule is CC(C)(C)OCC#Cc1cc(N2CCC(OC3CC(OC(C)(C)C)C3)CC2)ccn1. The zero-order chi connectivity index (χ0) is 21.8. The molecule has 1 saturated heterocycles. The van der Waals surface area contributed by atoms with Crippen LogP contribution in [0.25, 0.3) is 0 Å². The Kier molecular flexibility index (Phi) is 7.44. The number of hydrogen-bond acceptors (Lipinski definition) is 5. The van der Waals surface area contributed by atoms with E-state index in [1.807, 2.05) is 27.0 Å². The van der Waals surface area contributed by atoms with Crippen LogP contribution in [0.1, 0.15) is 72.9 Å². The lowest BCUT2D eigenvalue weighted by Gasteiger charge is -2.42. The molecule has 166 valence electrons. The Morgan fingerprint density at radius 1 is 1.00 bits per heavy atom. The van der Waals surface area contributed by atoms with Crippen LogP contribution in [-0.4, -0.2) is 54.2 Å². The van der Waals surface area contributed by atoms with Gasteiger partial charge in [-0.2, -0.15) is 0 Å². The molecule has 1 aromatic rings. The molecule has 0 unspecified atom stereocenters. The van der Waals surface area contributed by atoms with E-state index < -0.39 is 0 Å². The van der Waals surface area contributed by atoms with Gasteiger partial charge in [0, 0.05) is 25.0 Å². The third-order valence-corrected chi connectivity index (χ3v) is 5.30. The zero-order valence-electron chi connectivity index (χ0n) is 19.5. The van der Waals surface area contributed by atoms with Crippen LogP contribution in [0.3, 0.4) is 0 Å². The summed E-state index contributed by atoms with van der Waals surface area (Å²) in [5.41, 5.74) is 1.75. The first-order valence-electron chi connectivity index (χ1n) is 11.2. The van der Waals surface area contributed by atoms with Gasteiger partial charge >= 0.3 is 0 Å². The molecule has 0 atom stereocenters. The second-order valence-corrected chi connectivity index (χ2v) is 10.4. The molecular formula is C25H38N2O3. The van der Waals surface area contributed by atoms with Gasteiger partial charge in [-0.05, 0) is 85.3 Å². The lowest BCUT2D eigenvalue weighted by atomic mass is 9.90. The summed E-state index contributed by atoms with van der Waals surface area (Å²) in [5, 5.41) is 0. The second kappa shape index (κ2) is 9.68.